The summed E-state index contributed by atoms with van der Waals surface area (Å²) in [6.07, 6.45) is 3.82. The molecule has 4 rings (SSSR count). The SMILES string of the molecule is CCOc1cc2c(cc1OCC)[C@@H]1C[C@@H]3[C@@H](CCCN3S(=O)(=O)CCCNS(=O)(=O)N(C)C)CN1CC2. The zero-order valence-corrected chi connectivity index (χ0v) is 24.1. The average molecular weight is 559 g/mol. The van der Waals surface area contributed by atoms with E-state index in [0.717, 1.165) is 54.6 Å². The van der Waals surface area contributed by atoms with Gasteiger partial charge in [-0.05, 0) is 75.1 Å². The molecular formula is C25H42N4O6S2. The number of benzene rings is 1. The number of sulfonamides is 1. The van der Waals surface area contributed by atoms with Crippen LogP contribution in [0.1, 0.15) is 56.7 Å². The smallest absolute Gasteiger partial charge is 0.278 e. The highest BCUT2D eigenvalue weighted by atomic mass is 32.2. The highest BCUT2D eigenvalue weighted by Gasteiger charge is 2.46. The largest absolute Gasteiger partial charge is 0.490 e. The summed E-state index contributed by atoms with van der Waals surface area (Å²) in [5.41, 5.74) is 2.47. The maximum atomic E-state index is 13.4. The fraction of sp³-hybridized carbons (Fsp3) is 0.760. The van der Waals surface area contributed by atoms with Crippen LogP contribution in [0.3, 0.4) is 0 Å². The van der Waals surface area contributed by atoms with Crippen LogP contribution in [0.25, 0.3) is 0 Å². The molecule has 3 aliphatic rings. The average Bonchev–Trinajstić information content (AvgIpc) is 2.85. The van der Waals surface area contributed by atoms with Crippen LogP contribution >= 0.6 is 0 Å². The van der Waals surface area contributed by atoms with Crippen LogP contribution < -0.4 is 14.2 Å². The van der Waals surface area contributed by atoms with Crippen molar-refractivity contribution in [3.8, 4) is 11.5 Å². The molecule has 3 atom stereocenters. The zero-order valence-electron chi connectivity index (χ0n) is 22.5. The highest BCUT2D eigenvalue weighted by Crippen LogP contribution is 2.46. The fourth-order valence-electron chi connectivity index (χ4n) is 6.00. The number of rotatable bonds is 11. The lowest BCUT2D eigenvalue weighted by molar-refractivity contribution is 0.0218. The zero-order chi connectivity index (χ0) is 26.8. The Morgan fingerprint density at radius 1 is 1.05 bits per heavy atom. The van der Waals surface area contributed by atoms with Gasteiger partial charge >= 0.3 is 0 Å². The van der Waals surface area contributed by atoms with E-state index in [1.165, 1.54) is 25.2 Å². The number of hydrogen-bond acceptors (Lipinski definition) is 7. The summed E-state index contributed by atoms with van der Waals surface area (Å²) >= 11 is 0. The van der Waals surface area contributed by atoms with Crippen molar-refractivity contribution in [3.63, 3.8) is 0 Å². The monoisotopic (exact) mass is 558 g/mol. The van der Waals surface area contributed by atoms with Gasteiger partial charge in [0.2, 0.25) is 10.0 Å². The number of piperidine rings is 2. The number of fused-ring (bicyclic) bond motifs is 4. The van der Waals surface area contributed by atoms with Crippen LogP contribution in [0.5, 0.6) is 11.5 Å². The number of hydrogen-bond donors (Lipinski definition) is 1. The molecule has 1 aromatic rings. The van der Waals surface area contributed by atoms with Crippen LogP contribution in [0.4, 0.5) is 0 Å². The van der Waals surface area contributed by atoms with E-state index in [1.54, 1.807) is 4.31 Å². The molecule has 0 radical (unpaired) electrons. The lowest BCUT2D eigenvalue weighted by Crippen LogP contribution is -2.57. The van der Waals surface area contributed by atoms with Crippen LogP contribution in [0, 0.1) is 5.92 Å². The van der Waals surface area contributed by atoms with Gasteiger partial charge < -0.3 is 9.47 Å². The van der Waals surface area contributed by atoms with E-state index in [9.17, 15) is 16.8 Å². The number of nitrogens with zero attached hydrogens (tertiary/aromatic N) is 3. The van der Waals surface area contributed by atoms with E-state index in [-0.39, 0.29) is 30.8 Å². The predicted octanol–water partition coefficient (Wildman–Crippen LogP) is 1.98. The van der Waals surface area contributed by atoms with E-state index in [0.29, 0.717) is 25.7 Å². The first kappa shape index (κ1) is 28.6. The van der Waals surface area contributed by atoms with Gasteiger partial charge in [0.25, 0.3) is 10.2 Å². The molecule has 210 valence electrons. The Kier molecular flexibility index (Phi) is 9.07. The van der Waals surface area contributed by atoms with Crippen molar-refractivity contribution in [1.29, 1.82) is 0 Å². The van der Waals surface area contributed by atoms with E-state index in [4.69, 9.17) is 9.47 Å². The van der Waals surface area contributed by atoms with Crippen molar-refractivity contribution in [2.45, 2.75) is 58.0 Å². The Balaban J connectivity index is 1.51. The van der Waals surface area contributed by atoms with Crippen molar-refractivity contribution >= 4 is 20.2 Å². The molecule has 3 heterocycles. The minimum absolute atomic E-state index is 0.0495. The molecule has 3 aliphatic heterocycles. The molecule has 2 saturated heterocycles. The summed E-state index contributed by atoms with van der Waals surface area (Å²) in [5.74, 6) is 1.77. The van der Waals surface area contributed by atoms with Gasteiger partial charge in [-0.2, -0.15) is 17.0 Å². The van der Waals surface area contributed by atoms with E-state index >= 15 is 0 Å². The van der Waals surface area contributed by atoms with Gasteiger partial charge in [0, 0.05) is 52.4 Å². The second kappa shape index (κ2) is 11.7. The van der Waals surface area contributed by atoms with Crippen LogP contribution in [-0.4, -0.2) is 95.6 Å². The van der Waals surface area contributed by atoms with Crippen molar-refractivity contribution < 1.29 is 26.3 Å². The topological polar surface area (TPSA) is 108 Å². The van der Waals surface area contributed by atoms with Gasteiger partial charge in [-0.25, -0.2) is 13.1 Å². The Morgan fingerprint density at radius 2 is 1.76 bits per heavy atom. The molecule has 1 aromatic carbocycles. The van der Waals surface area contributed by atoms with Gasteiger partial charge in [-0.15, -0.1) is 0 Å². The van der Waals surface area contributed by atoms with Crippen LogP contribution in [0.15, 0.2) is 12.1 Å². The number of ether oxygens (including phenoxy) is 2. The minimum Gasteiger partial charge on any atom is -0.490 e. The summed E-state index contributed by atoms with van der Waals surface area (Å²) in [7, 11) is -4.20. The Bertz CT molecular complexity index is 1160. The Hall–Kier alpha value is -1.44. The van der Waals surface area contributed by atoms with Crippen molar-refractivity contribution in [3.05, 3.63) is 23.3 Å². The Labute approximate surface area is 222 Å². The second-order valence-corrected chi connectivity index (χ2v) is 14.3. The van der Waals surface area contributed by atoms with Gasteiger partial charge in [0.05, 0.1) is 19.0 Å². The molecule has 37 heavy (non-hydrogen) atoms. The van der Waals surface area contributed by atoms with Crippen LogP contribution in [0.2, 0.25) is 0 Å². The summed E-state index contributed by atoms with van der Waals surface area (Å²) < 4.78 is 67.8. The normalized spacial score (nSPS) is 24.8. The third-order valence-electron chi connectivity index (χ3n) is 7.78. The Morgan fingerprint density at radius 3 is 2.43 bits per heavy atom. The van der Waals surface area contributed by atoms with Gasteiger partial charge in [0.1, 0.15) is 0 Å². The molecule has 12 heteroatoms. The van der Waals surface area contributed by atoms with Crippen molar-refractivity contribution in [2.24, 2.45) is 5.92 Å². The van der Waals surface area contributed by atoms with Gasteiger partial charge in [-0.1, -0.05) is 0 Å². The molecule has 0 saturated carbocycles. The van der Waals surface area contributed by atoms with Crippen LogP contribution in [-0.2, 0) is 26.7 Å². The first-order valence-corrected chi connectivity index (χ1v) is 16.4. The molecule has 0 spiro atoms. The minimum atomic E-state index is -3.57. The summed E-state index contributed by atoms with van der Waals surface area (Å²) in [4.78, 5) is 2.52. The molecule has 0 bridgehead atoms. The van der Waals surface area contributed by atoms with E-state index < -0.39 is 20.2 Å². The highest BCUT2D eigenvalue weighted by molar-refractivity contribution is 7.89. The molecule has 10 nitrogen and oxygen atoms in total. The lowest BCUT2D eigenvalue weighted by Gasteiger charge is -2.51. The quantitative estimate of drug-likeness (QED) is 0.414. The fourth-order valence-corrected chi connectivity index (χ4v) is 8.48. The molecular weight excluding hydrogens is 516 g/mol. The van der Waals surface area contributed by atoms with Gasteiger partial charge in [-0.3, -0.25) is 4.90 Å². The second-order valence-electron chi connectivity index (χ2n) is 10.3. The summed E-state index contributed by atoms with van der Waals surface area (Å²) in [5, 5.41) is 0. The first-order chi connectivity index (χ1) is 17.6. The lowest BCUT2D eigenvalue weighted by atomic mass is 9.77. The third-order valence-corrected chi connectivity index (χ3v) is 11.3. The summed E-state index contributed by atoms with van der Waals surface area (Å²) in [6.45, 7) is 7.51. The van der Waals surface area contributed by atoms with E-state index in [2.05, 4.69) is 21.8 Å². The maximum absolute atomic E-state index is 13.4. The molecule has 1 N–H and O–H groups in total. The van der Waals surface area contributed by atoms with Crippen molar-refractivity contribution in [2.75, 3.05) is 59.2 Å². The third kappa shape index (κ3) is 6.25. The predicted molar refractivity (Wildman–Crippen MR) is 144 cm³/mol. The summed E-state index contributed by atoms with van der Waals surface area (Å²) in [6, 6.07) is 4.31. The standard InChI is InChI=1S/C25H42N4O6S2/c1-5-34-24-15-19-10-13-28-18-20-9-7-12-29(22(20)17-23(28)21(19)16-25(24)35-6-2)36(30,31)14-8-11-26-37(32,33)27(3)4/h15-16,20,22-23,26H,5-14,17-18H2,1-4H3/t20-,22+,23-/m0/s1. The molecule has 0 aliphatic carbocycles. The first-order valence-electron chi connectivity index (χ1n) is 13.4. The van der Waals surface area contributed by atoms with Gasteiger partial charge in [0.15, 0.2) is 11.5 Å². The molecule has 0 aromatic heterocycles. The molecule has 0 unspecified atom stereocenters. The maximum Gasteiger partial charge on any atom is 0.278 e. The van der Waals surface area contributed by atoms with E-state index in [1.807, 2.05) is 13.8 Å². The van der Waals surface area contributed by atoms with Crippen molar-refractivity contribution in [1.82, 2.24) is 18.2 Å². The molecule has 0 amide bonds. The molecule has 2 fully saturated rings. The number of nitrogens with one attached hydrogen (secondary N) is 1.